The molecule has 1 aromatic rings. The number of nitrogen functional groups attached to an aromatic ring is 1. The van der Waals surface area contributed by atoms with Crippen LogP contribution >= 0.6 is 11.3 Å². The summed E-state index contributed by atoms with van der Waals surface area (Å²) in [6, 6.07) is 0.352. The molecule has 3 N–H and O–H groups in total. The van der Waals surface area contributed by atoms with E-state index in [1.54, 1.807) is 6.92 Å². The van der Waals surface area contributed by atoms with E-state index in [9.17, 15) is 4.79 Å². The van der Waals surface area contributed by atoms with Crippen LogP contribution in [0.3, 0.4) is 0 Å². The zero-order valence-electron chi connectivity index (χ0n) is 8.20. The van der Waals surface area contributed by atoms with Crippen molar-refractivity contribution in [1.82, 2.24) is 10.3 Å². The van der Waals surface area contributed by atoms with Crippen molar-refractivity contribution in [2.75, 3.05) is 5.73 Å². The Morgan fingerprint density at radius 3 is 2.79 bits per heavy atom. The van der Waals surface area contributed by atoms with Gasteiger partial charge in [0.2, 0.25) is 0 Å². The standard InChI is InChI=1S/C9H13N3OS/c1-4-3-6(4)12-8(13)7-5(2)11-9(10)14-7/h4,6H,3H2,1-2H3,(H2,10,11)(H,12,13). The molecule has 1 heterocycles. The van der Waals surface area contributed by atoms with Gasteiger partial charge in [-0.15, -0.1) is 0 Å². The molecule has 4 nitrogen and oxygen atoms in total. The maximum atomic E-state index is 11.7. The smallest absolute Gasteiger partial charge is 0.263 e. The number of nitrogens with zero attached hydrogens (tertiary/aromatic N) is 1. The van der Waals surface area contributed by atoms with Gasteiger partial charge in [0.05, 0.1) is 5.69 Å². The summed E-state index contributed by atoms with van der Waals surface area (Å²) in [5.74, 6) is 0.579. The SMILES string of the molecule is Cc1nc(N)sc1C(=O)NC1CC1C. The van der Waals surface area contributed by atoms with Crippen molar-refractivity contribution in [3.63, 3.8) is 0 Å². The molecule has 0 bridgehead atoms. The highest BCUT2D eigenvalue weighted by molar-refractivity contribution is 7.17. The Hall–Kier alpha value is -1.10. The zero-order valence-corrected chi connectivity index (χ0v) is 9.02. The maximum absolute atomic E-state index is 11.7. The molecule has 0 aromatic carbocycles. The lowest BCUT2D eigenvalue weighted by atomic mass is 10.3. The Morgan fingerprint density at radius 2 is 2.36 bits per heavy atom. The second-order valence-corrected chi connectivity index (χ2v) is 4.79. The lowest BCUT2D eigenvalue weighted by Gasteiger charge is -2.00. The van der Waals surface area contributed by atoms with Crippen LogP contribution in [0.15, 0.2) is 0 Å². The molecule has 76 valence electrons. The van der Waals surface area contributed by atoms with E-state index < -0.39 is 0 Å². The Morgan fingerprint density at radius 1 is 1.71 bits per heavy atom. The molecule has 0 aliphatic heterocycles. The average molecular weight is 211 g/mol. The number of aryl methyl sites for hydroxylation is 1. The van der Waals surface area contributed by atoms with Crippen LogP contribution in [-0.4, -0.2) is 16.9 Å². The molecule has 2 atom stereocenters. The normalized spacial score (nSPS) is 24.7. The highest BCUT2D eigenvalue weighted by Gasteiger charge is 2.34. The van der Waals surface area contributed by atoms with Gasteiger partial charge >= 0.3 is 0 Å². The molecular formula is C9H13N3OS. The Balaban J connectivity index is 2.07. The van der Waals surface area contributed by atoms with Crippen molar-refractivity contribution in [3.05, 3.63) is 10.6 Å². The van der Waals surface area contributed by atoms with Crippen molar-refractivity contribution in [2.24, 2.45) is 5.92 Å². The predicted molar refractivity (Wildman–Crippen MR) is 56.3 cm³/mol. The van der Waals surface area contributed by atoms with E-state index >= 15 is 0 Å². The van der Waals surface area contributed by atoms with Crippen molar-refractivity contribution < 1.29 is 4.79 Å². The number of aromatic nitrogens is 1. The number of hydrogen-bond acceptors (Lipinski definition) is 4. The van der Waals surface area contributed by atoms with E-state index in [-0.39, 0.29) is 5.91 Å². The van der Waals surface area contributed by atoms with Crippen LogP contribution in [0.1, 0.15) is 28.7 Å². The van der Waals surface area contributed by atoms with E-state index in [1.165, 1.54) is 11.3 Å². The Labute approximate surface area is 86.5 Å². The molecular weight excluding hydrogens is 198 g/mol. The van der Waals surface area contributed by atoms with E-state index in [2.05, 4.69) is 17.2 Å². The fourth-order valence-electron chi connectivity index (χ4n) is 1.39. The molecule has 0 spiro atoms. The molecule has 14 heavy (non-hydrogen) atoms. The summed E-state index contributed by atoms with van der Waals surface area (Å²) in [6.45, 7) is 3.93. The van der Waals surface area contributed by atoms with Gasteiger partial charge in [-0.2, -0.15) is 0 Å². The monoisotopic (exact) mass is 211 g/mol. The van der Waals surface area contributed by atoms with E-state index in [1.807, 2.05) is 0 Å². The summed E-state index contributed by atoms with van der Waals surface area (Å²) in [7, 11) is 0. The van der Waals surface area contributed by atoms with Gasteiger partial charge in [0.25, 0.3) is 5.91 Å². The quantitative estimate of drug-likeness (QED) is 0.771. The van der Waals surface area contributed by atoms with Crippen LogP contribution in [0.5, 0.6) is 0 Å². The highest BCUT2D eigenvalue weighted by Crippen LogP contribution is 2.30. The second kappa shape index (κ2) is 3.24. The Kier molecular flexibility index (Phi) is 2.19. The number of carbonyl (C=O) groups excluding carboxylic acids is 1. The van der Waals surface area contributed by atoms with Gasteiger partial charge in [0.15, 0.2) is 5.13 Å². The molecule has 1 aliphatic rings. The first-order valence-electron chi connectivity index (χ1n) is 4.61. The van der Waals surface area contributed by atoms with Gasteiger partial charge in [-0.1, -0.05) is 18.3 Å². The Bertz CT molecular complexity index is 374. The van der Waals surface area contributed by atoms with Crippen LogP contribution < -0.4 is 11.1 Å². The molecule has 1 saturated carbocycles. The van der Waals surface area contributed by atoms with Crippen LogP contribution in [0.4, 0.5) is 5.13 Å². The average Bonchev–Trinajstić information content (AvgIpc) is 2.64. The molecule has 2 rings (SSSR count). The minimum atomic E-state index is -0.0361. The van der Waals surface area contributed by atoms with Crippen molar-refractivity contribution >= 4 is 22.4 Å². The summed E-state index contributed by atoms with van der Waals surface area (Å²) in [5, 5.41) is 3.41. The van der Waals surface area contributed by atoms with Gasteiger partial charge in [0.1, 0.15) is 4.88 Å². The lowest BCUT2D eigenvalue weighted by molar-refractivity contribution is 0.0952. The van der Waals surface area contributed by atoms with Crippen LogP contribution in [0.2, 0.25) is 0 Å². The van der Waals surface area contributed by atoms with E-state index in [0.717, 1.165) is 12.1 Å². The topological polar surface area (TPSA) is 68.0 Å². The summed E-state index contributed by atoms with van der Waals surface area (Å²) >= 11 is 1.25. The minimum Gasteiger partial charge on any atom is -0.375 e. The van der Waals surface area contributed by atoms with Crippen molar-refractivity contribution in [1.29, 1.82) is 0 Å². The van der Waals surface area contributed by atoms with Crippen LogP contribution in [-0.2, 0) is 0 Å². The summed E-state index contributed by atoms with van der Waals surface area (Å²) in [4.78, 5) is 16.3. The largest absolute Gasteiger partial charge is 0.375 e. The van der Waals surface area contributed by atoms with Gasteiger partial charge in [-0.25, -0.2) is 4.98 Å². The van der Waals surface area contributed by atoms with E-state index in [0.29, 0.717) is 22.0 Å². The first kappa shape index (κ1) is 9.45. The number of anilines is 1. The molecule has 5 heteroatoms. The minimum absolute atomic E-state index is 0.0361. The number of hydrogen-bond donors (Lipinski definition) is 2. The third-order valence-corrected chi connectivity index (χ3v) is 3.43. The second-order valence-electron chi connectivity index (χ2n) is 3.76. The molecule has 2 unspecified atom stereocenters. The van der Waals surface area contributed by atoms with Gasteiger partial charge < -0.3 is 11.1 Å². The number of thiazole rings is 1. The van der Waals surface area contributed by atoms with Crippen molar-refractivity contribution in [2.45, 2.75) is 26.3 Å². The zero-order chi connectivity index (χ0) is 10.3. The van der Waals surface area contributed by atoms with Crippen LogP contribution in [0.25, 0.3) is 0 Å². The predicted octanol–water partition coefficient (Wildman–Crippen LogP) is 1.17. The summed E-state index contributed by atoms with van der Waals surface area (Å²) < 4.78 is 0. The first-order valence-corrected chi connectivity index (χ1v) is 5.43. The molecule has 1 aromatic heterocycles. The summed E-state index contributed by atoms with van der Waals surface area (Å²) in [5.41, 5.74) is 6.24. The number of amides is 1. The fourth-order valence-corrected chi connectivity index (χ4v) is 2.12. The molecule has 1 amide bonds. The molecule has 0 saturated heterocycles. The van der Waals surface area contributed by atoms with Crippen molar-refractivity contribution in [3.8, 4) is 0 Å². The lowest BCUT2D eigenvalue weighted by Crippen LogP contribution is -2.26. The number of rotatable bonds is 2. The fraction of sp³-hybridized carbons (Fsp3) is 0.556. The van der Waals surface area contributed by atoms with Gasteiger partial charge in [-0.05, 0) is 19.3 Å². The molecule has 1 aliphatic carbocycles. The van der Waals surface area contributed by atoms with Crippen LogP contribution in [0, 0.1) is 12.8 Å². The van der Waals surface area contributed by atoms with E-state index in [4.69, 9.17) is 5.73 Å². The number of nitrogens with two attached hydrogens (primary N) is 1. The number of nitrogens with one attached hydrogen (secondary N) is 1. The third kappa shape index (κ3) is 1.72. The summed E-state index contributed by atoms with van der Waals surface area (Å²) in [6.07, 6.45) is 1.08. The maximum Gasteiger partial charge on any atom is 0.263 e. The number of carbonyl (C=O) groups is 1. The highest BCUT2D eigenvalue weighted by atomic mass is 32.1. The molecule has 1 fully saturated rings. The van der Waals surface area contributed by atoms with Gasteiger partial charge in [-0.3, -0.25) is 4.79 Å². The third-order valence-electron chi connectivity index (χ3n) is 2.45. The first-order chi connectivity index (χ1) is 6.58. The molecule has 0 radical (unpaired) electrons. The van der Waals surface area contributed by atoms with Gasteiger partial charge in [0, 0.05) is 6.04 Å².